The number of aryl methyl sites for hydroxylation is 1. The van der Waals surface area contributed by atoms with E-state index in [2.05, 4.69) is 52.8 Å². The third kappa shape index (κ3) is 22.2. The Morgan fingerprint density at radius 1 is 0.421 bits per heavy atom. The van der Waals surface area contributed by atoms with E-state index in [0.717, 1.165) is 28.7 Å². The number of hydrogen-bond donors (Lipinski definition) is 0. The molecule has 0 bridgehead atoms. The van der Waals surface area contributed by atoms with Crippen LogP contribution in [0.15, 0.2) is 146 Å². The average molecular weight is 565 g/mol. The summed E-state index contributed by atoms with van der Waals surface area (Å²) in [5, 5.41) is 0. The first-order valence-electron chi connectivity index (χ1n) is 11.9. The molecular formula is C36H37Ti2-5. The number of hydrogen-bond acceptors (Lipinski definition) is 0. The van der Waals surface area contributed by atoms with Gasteiger partial charge in [0.25, 0.3) is 0 Å². The molecular weight excluding hydrogens is 528 g/mol. The van der Waals surface area contributed by atoms with Crippen molar-refractivity contribution < 1.29 is 43.4 Å². The fraction of sp³-hybridized carbons (Fsp3) is 0.0556. The van der Waals surface area contributed by atoms with Crippen molar-refractivity contribution in [2.24, 2.45) is 0 Å². The first kappa shape index (κ1) is 37.2. The van der Waals surface area contributed by atoms with Crippen LogP contribution in [-0.2, 0) is 49.9 Å². The number of benzene rings is 5. The predicted molar refractivity (Wildman–Crippen MR) is 158 cm³/mol. The fourth-order valence-corrected chi connectivity index (χ4v) is 2.57. The molecule has 0 N–H and O–H groups in total. The average Bonchev–Trinajstić information content (AvgIpc) is 2.92. The molecule has 38 heavy (non-hydrogen) atoms. The van der Waals surface area contributed by atoms with E-state index in [1.54, 1.807) is 0 Å². The molecule has 0 atom stereocenters. The summed E-state index contributed by atoms with van der Waals surface area (Å²) in [7, 11) is 0. The van der Waals surface area contributed by atoms with Crippen LogP contribution in [0.25, 0.3) is 0 Å². The predicted octanol–water partition coefficient (Wildman–Crippen LogP) is 9.52. The molecule has 0 amide bonds. The van der Waals surface area contributed by atoms with Gasteiger partial charge < -0.3 is 0 Å². The van der Waals surface area contributed by atoms with Crippen molar-refractivity contribution in [3.05, 3.63) is 207 Å². The molecule has 0 heterocycles. The SMILES string of the molecule is CCc1cc[c-]cc1.[CH2-]c1ccccc1.[CH2-]c1ccccc1.[CH2-]c1ccccc1.[CH2-]c1ccccc1.[Ti].[Ti]. The molecule has 0 nitrogen and oxygen atoms in total. The zero-order valence-corrected chi connectivity index (χ0v) is 25.5. The molecule has 0 aliphatic carbocycles. The number of rotatable bonds is 1. The maximum atomic E-state index is 3.72. The van der Waals surface area contributed by atoms with Gasteiger partial charge in [-0.05, 0) is 0 Å². The van der Waals surface area contributed by atoms with Crippen molar-refractivity contribution in [1.29, 1.82) is 0 Å². The first-order valence-corrected chi connectivity index (χ1v) is 11.9. The molecule has 0 fully saturated rings. The van der Waals surface area contributed by atoms with Crippen molar-refractivity contribution in [2.75, 3.05) is 0 Å². The first-order chi connectivity index (χ1) is 17.5. The van der Waals surface area contributed by atoms with Crippen LogP contribution in [0.5, 0.6) is 0 Å². The molecule has 0 saturated carbocycles. The van der Waals surface area contributed by atoms with Crippen LogP contribution in [0.2, 0.25) is 0 Å². The van der Waals surface area contributed by atoms with Gasteiger partial charge in [-0.3, -0.25) is 0 Å². The zero-order valence-electron chi connectivity index (χ0n) is 22.4. The van der Waals surface area contributed by atoms with Gasteiger partial charge in [-0.15, -0.1) is 48.5 Å². The van der Waals surface area contributed by atoms with Crippen molar-refractivity contribution >= 4 is 0 Å². The third-order valence-corrected chi connectivity index (χ3v) is 4.57. The Hall–Kier alpha value is -2.99. The van der Waals surface area contributed by atoms with E-state index >= 15 is 0 Å². The standard InChI is InChI=1S/C8H9.4C7H7.2Ti/c1-2-8-6-4-3-5-7-8;4*1-7-5-3-2-4-6-7;;/h4-7H,2H2,1H3;4*2-6H,1H2;;/q5*-1;;. The topological polar surface area (TPSA) is 0 Å². The summed E-state index contributed by atoms with van der Waals surface area (Å²) in [5.41, 5.74) is 5.67. The Bertz CT molecular complexity index is 962. The van der Waals surface area contributed by atoms with Gasteiger partial charge >= 0.3 is 0 Å². The van der Waals surface area contributed by atoms with Crippen LogP contribution in [0, 0.1) is 33.8 Å². The minimum Gasteiger partial charge on any atom is -0.199 e. The molecule has 194 valence electrons. The Labute approximate surface area is 262 Å². The minimum absolute atomic E-state index is 0. The quantitative estimate of drug-likeness (QED) is 0.140. The van der Waals surface area contributed by atoms with Gasteiger partial charge in [-0.25, -0.2) is 0 Å². The maximum absolute atomic E-state index is 3.72. The van der Waals surface area contributed by atoms with Crippen LogP contribution < -0.4 is 0 Å². The molecule has 0 radical (unpaired) electrons. The molecule has 5 aromatic carbocycles. The van der Waals surface area contributed by atoms with Gasteiger partial charge in [0, 0.05) is 43.4 Å². The summed E-state index contributed by atoms with van der Waals surface area (Å²) in [6, 6.07) is 50.5. The molecule has 0 aromatic heterocycles. The van der Waals surface area contributed by atoms with Crippen LogP contribution in [0.4, 0.5) is 0 Å². The van der Waals surface area contributed by atoms with E-state index in [1.165, 1.54) is 5.56 Å². The van der Waals surface area contributed by atoms with Crippen LogP contribution >= 0.6 is 0 Å². The summed E-state index contributed by atoms with van der Waals surface area (Å²) < 4.78 is 0. The van der Waals surface area contributed by atoms with Crippen LogP contribution in [0.1, 0.15) is 34.7 Å². The molecule has 0 aliphatic rings. The minimum atomic E-state index is 0. The molecule has 0 aliphatic heterocycles. The van der Waals surface area contributed by atoms with E-state index in [4.69, 9.17) is 0 Å². The van der Waals surface area contributed by atoms with Gasteiger partial charge in [0.15, 0.2) is 0 Å². The zero-order chi connectivity index (χ0) is 26.3. The normalized spacial score (nSPS) is 8.24. The summed E-state index contributed by atoms with van der Waals surface area (Å²) in [4.78, 5) is 0. The van der Waals surface area contributed by atoms with Gasteiger partial charge in [0.2, 0.25) is 0 Å². The Morgan fingerprint density at radius 2 is 0.658 bits per heavy atom. The monoisotopic (exact) mass is 565 g/mol. The van der Waals surface area contributed by atoms with Crippen LogP contribution in [-0.4, -0.2) is 0 Å². The van der Waals surface area contributed by atoms with Gasteiger partial charge in [0.05, 0.1) is 0 Å². The van der Waals surface area contributed by atoms with Gasteiger partial charge in [-0.1, -0.05) is 37.6 Å². The summed E-state index contributed by atoms with van der Waals surface area (Å²) >= 11 is 0. The fourth-order valence-electron chi connectivity index (χ4n) is 2.57. The van der Waals surface area contributed by atoms with Crippen molar-refractivity contribution in [3.8, 4) is 0 Å². The summed E-state index contributed by atoms with van der Waals surface area (Å²) in [6.45, 7) is 17.0. The maximum Gasteiger partial charge on any atom is 0 e. The van der Waals surface area contributed by atoms with Crippen molar-refractivity contribution in [2.45, 2.75) is 13.3 Å². The molecule has 5 aromatic rings. The van der Waals surface area contributed by atoms with Crippen molar-refractivity contribution in [3.63, 3.8) is 0 Å². The van der Waals surface area contributed by atoms with E-state index < -0.39 is 0 Å². The second-order valence-electron chi connectivity index (χ2n) is 7.70. The summed E-state index contributed by atoms with van der Waals surface area (Å²) in [6.07, 6.45) is 1.12. The van der Waals surface area contributed by atoms with Crippen molar-refractivity contribution in [1.82, 2.24) is 0 Å². The molecule has 0 spiro atoms. The van der Waals surface area contributed by atoms with E-state index in [9.17, 15) is 0 Å². The molecule has 0 unspecified atom stereocenters. The van der Waals surface area contributed by atoms with E-state index in [0.29, 0.717) is 0 Å². The van der Waals surface area contributed by atoms with Gasteiger partial charge in [0.1, 0.15) is 0 Å². The smallest absolute Gasteiger partial charge is 0 e. The van der Waals surface area contributed by atoms with E-state index in [-0.39, 0.29) is 43.4 Å². The Morgan fingerprint density at radius 3 is 0.789 bits per heavy atom. The molecule has 2 heteroatoms. The second kappa shape index (κ2) is 25.6. The van der Waals surface area contributed by atoms with Crippen LogP contribution in [0.3, 0.4) is 0 Å². The largest absolute Gasteiger partial charge is 0.199 e. The second-order valence-corrected chi connectivity index (χ2v) is 7.70. The molecule has 0 saturated heterocycles. The summed E-state index contributed by atoms with van der Waals surface area (Å²) in [5.74, 6) is 0. The molecule has 5 rings (SSSR count). The Kier molecular flexibility index (Phi) is 25.1. The third-order valence-electron chi connectivity index (χ3n) is 4.57. The van der Waals surface area contributed by atoms with E-state index in [1.807, 2.05) is 133 Å². The van der Waals surface area contributed by atoms with Gasteiger partial charge in [-0.2, -0.15) is 134 Å². The Balaban J connectivity index is 0.